The summed E-state index contributed by atoms with van der Waals surface area (Å²) in [6, 6.07) is 8.91. The van der Waals surface area contributed by atoms with Gasteiger partial charge in [-0.25, -0.2) is 4.79 Å². The number of rotatable bonds is 3. The van der Waals surface area contributed by atoms with Crippen LogP contribution in [0.15, 0.2) is 30.3 Å². The fourth-order valence-corrected chi connectivity index (χ4v) is 2.38. The van der Waals surface area contributed by atoms with Crippen LogP contribution in [-0.2, 0) is 15.1 Å². The lowest BCUT2D eigenvalue weighted by Gasteiger charge is -2.32. The molecule has 1 aliphatic heterocycles. The van der Waals surface area contributed by atoms with Gasteiger partial charge in [0.1, 0.15) is 0 Å². The molecule has 1 aliphatic rings. The van der Waals surface area contributed by atoms with Gasteiger partial charge >= 0.3 is 6.03 Å². The molecule has 0 aromatic heterocycles. The van der Waals surface area contributed by atoms with Crippen LogP contribution < -0.4 is 0 Å². The Morgan fingerprint density at radius 2 is 1.78 bits per heavy atom. The number of carbonyl (C=O) groups excluding carboxylic acids is 2. The summed E-state index contributed by atoms with van der Waals surface area (Å²) >= 11 is 0. The smallest absolute Gasteiger partial charge is 0.327 e. The lowest BCUT2D eigenvalue weighted by atomic mass is 9.89. The second kappa shape index (κ2) is 4.42. The third-order valence-electron chi connectivity index (χ3n) is 3.41. The van der Waals surface area contributed by atoms with Crippen molar-refractivity contribution in [3.63, 3.8) is 0 Å². The molecule has 96 valence electrons. The van der Waals surface area contributed by atoms with Crippen molar-refractivity contribution in [3.05, 3.63) is 35.9 Å². The summed E-state index contributed by atoms with van der Waals surface area (Å²) in [7, 11) is 4.63. The van der Waals surface area contributed by atoms with E-state index in [4.69, 9.17) is 4.74 Å². The molecule has 1 fully saturated rings. The summed E-state index contributed by atoms with van der Waals surface area (Å²) in [4.78, 5) is 26.9. The second-order valence-electron chi connectivity index (χ2n) is 4.37. The standard InChI is InChI=1S/C13H16N2O3/c1-14-11(16)13(9-18-3,15(2)12(14)17)10-7-5-4-6-8-10/h4-8H,9H2,1-3H3. The number of nitrogens with zero attached hydrogens (tertiary/aromatic N) is 2. The van der Waals surface area contributed by atoms with Gasteiger partial charge in [-0.15, -0.1) is 0 Å². The topological polar surface area (TPSA) is 49.9 Å². The van der Waals surface area contributed by atoms with E-state index in [9.17, 15) is 9.59 Å². The van der Waals surface area contributed by atoms with E-state index < -0.39 is 5.54 Å². The highest BCUT2D eigenvalue weighted by Crippen LogP contribution is 2.35. The molecule has 3 amide bonds. The van der Waals surface area contributed by atoms with Gasteiger partial charge in [0, 0.05) is 21.2 Å². The maximum Gasteiger partial charge on any atom is 0.327 e. The van der Waals surface area contributed by atoms with E-state index in [1.54, 1.807) is 7.05 Å². The molecule has 0 N–H and O–H groups in total. The van der Waals surface area contributed by atoms with Crippen molar-refractivity contribution >= 4 is 11.9 Å². The molecule has 1 aromatic rings. The zero-order valence-electron chi connectivity index (χ0n) is 10.7. The number of amides is 3. The number of methoxy groups -OCH3 is 1. The minimum atomic E-state index is -1.05. The lowest BCUT2D eigenvalue weighted by Crippen LogP contribution is -2.48. The number of imide groups is 1. The quantitative estimate of drug-likeness (QED) is 0.751. The van der Waals surface area contributed by atoms with Crippen LogP contribution in [0.25, 0.3) is 0 Å². The van der Waals surface area contributed by atoms with E-state index in [2.05, 4.69) is 0 Å². The molecule has 1 saturated heterocycles. The number of benzene rings is 1. The summed E-state index contributed by atoms with van der Waals surface area (Å²) in [5, 5.41) is 0. The molecule has 1 aromatic carbocycles. The molecule has 2 rings (SSSR count). The van der Waals surface area contributed by atoms with Crippen LogP contribution in [0.2, 0.25) is 0 Å². The number of hydrogen-bond acceptors (Lipinski definition) is 3. The Hall–Kier alpha value is -1.88. The minimum Gasteiger partial charge on any atom is -0.381 e. The number of carbonyl (C=O) groups is 2. The molecule has 1 heterocycles. The predicted molar refractivity (Wildman–Crippen MR) is 65.9 cm³/mol. The Balaban J connectivity index is 2.58. The highest BCUT2D eigenvalue weighted by molar-refractivity contribution is 6.07. The van der Waals surface area contributed by atoms with Gasteiger partial charge in [0.2, 0.25) is 0 Å². The van der Waals surface area contributed by atoms with Crippen molar-refractivity contribution in [1.82, 2.24) is 9.80 Å². The first-order valence-corrected chi connectivity index (χ1v) is 5.66. The van der Waals surface area contributed by atoms with Crippen LogP contribution in [0, 0.1) is 0 Å². The molecule has 1 unspecified atom stereocenters. The Bertz CT molecular complexity index is 474. The fraction of sp³-hybridized carbons (Fsp3) is 0.385. The first-order valence-electron chi connectivity index (χ1n) is 5.66. The first kappa shape index (κ1) is 12.6. The highest BCUT2D eigenvalue weighted by Gasteiger charge is 2.55. The number of likely N-dealkylation sites (N-methyl/N-ethyl adjacent to an activating group) is 2. The maximum absolute atomic E-state index is 12.4. The number of hydrogen-bond donors (Lipinski definition) is 0. The van der Waals surface area contributed by atoms with E-state index in [-0.39, 0.29) is 18.5 Å². The zero-order valence-corrected chi connectivity index (χ0v) is 10.7. The van der Waals surface area contributed by atoms with E-state index >= 15 is 0 Å². The monoisotopic (exact) mass is 248 g/mol. The van der Waals surface area contributed by atoms with Crippen molar-refractivity contribution < 1.29 is 14.3 Å². The summed E-state index contributed by atoms with van der Waals surface area (Å²) in [5.41, 5.74) is -0.293. The molecule has 18 heavy (non-hydrogen) atoms. The van der Waals surface area contributed by atoms with Crippen LogP contribution in [0.4, 0.5) is 4.79 Å². The van der Waals surface area contributed by atoms with Crippen LogP contribution in [0.3, 0.4) is 0 Å². The van der Waals surface area contributed by atoms with Gasteiger partial charge < -0.3 is 9.64 Å². The molecule has 1 atom stereocenters. The summed E-state index contributed by atoms with van der Waals surface area (Å²) in [5.74, 6) is -0.261. The zero-order chi connectivity index (χ0) is 13.3. The van der Waals surface area contributed by atoms with Gasteiger partial charge in [0.15, 0.2) is 5.54 Å². The molecule has 0 spiro atoms. The summed E-state index contributed by atoms with van der Waals surface area (Å²) in [6.07, 6.45) is 0. The summed E-state index contributed by atoms with van der Waals surface area (Å²) in [6.45, 7) is 0.141. The second-order valence-corrected chi connectivity index (χ2v) is 4.37. The van der Waals surface area contributed by atoms with Gasteiger partial charge in [-0.3, -0.25) is 9.69 Å². The Kier molecular flexibility index (Phi) is 3.09. The molecule has 5 nitrogen and oxygen atoms in total. The van der Waals surface area contributed by atoms with Crippen molar-refractivity contribution in [2.24, 2.45) is 0 Å². The van der Waals surface area contributed by atoms with Crippen LogP contribution >= 0.6 is 0 Å². The third-order valence-corrected chi connectivity index (χ3v) is 3.41. The molecular weight excluding hydrogens is 232 g/mol. The van der Waals surface area contributed by atoms with E-state index in [1.165, 1.54) is 19.1 Å². The normalized spacial score (nSPS) is 23.9. The van der Waals surface area contributed by atoms with E-state index in [1.807, 2.05) is 30.3 Å². The van der Waals surface area contributed by atoms with Crippen LogP contribution in [0.5, 0.6) is 0 Å². The SMILES string of the molecule is COCC1(c2ccccc2)C(=O)N(C)C(=O)N1C. The average molecular weight is 248 g/mol. The molecule has 0 radical (unpaired) electrons. The van der Waals surface area contributed by atoms with Crippen LogP contribution in [-0.4, -0.2) is 49.6 Å². The third kappa shape index (κ3) is 1.51. The van der Waals surface area contributed by atoms with E-state index in [0.29, 0.717) is 0 Å². The Morgan fingerprint density at radius 3 is 2.22 bits per heavy atom. The van der Waals surface area contributed by atoms with Crippen molar-refractivity contribution in [3.8, 4) is 0 Å². The summed E-state index contributed by atoms with van der Waals surface area (Å²) < 4.78 is 5.18. The van der Waals surface area contributed by atoms with Gasteiger partial charge in [-0.05, 0) is 5.56 Å². The van der Waals surface area contributed by atoms with Gasteiger partial charge in [-0.1, -0.05) is 30.3 Å². The number of urea groups is 1. The van der Waals surface area contributed by atoms with Gasteiger partial charge in [0.25, 0.3) is 5.91 Å². The molecular formula is C13H16N2O3. The minimum absolute atomic E-state index is 0.141. The molecule has 0 saturated carbocycles. The molecule has 5 heteroatoms. The molecule has 0 bridgehead atoms. The average Bonchev–Trinajstić information content (AvgIpc) is 2.56. The number of ether oxygens (including phenoxy) is 1. The van der Waals surface area contributed by atoms with Crippen molar-refractivity contribution in [1.29, 1.82) is 0 Å². The Labute approximate surface area is 106 Å². The highest BCUT2D eigenvalue weighted by atomic mass is 16.5. The Morgan fingerprint density at radius 1 is 1.17 bits per heavy atom. The predicted octanol–water partition coefficient (Wildman–Crippen LogP) is 1.05. The van der Waals surface area contributed by atoms with Crippen molar-refractivity contribution in [2.45, 2.75) is 5.54 Å². The van der Waals surface area contributed by atoms with Gasteiger partial charge in [-0.2, -0.15) is 0 Å². The fourth-order valence-electron chi connectivity index (χ4n) is 2.38. The lowest BCUT2D eigenvalue weighted by molar-refractivity contribution is -0.135. The first-order chi connectivity index (χ1) is 8.55. The van der Waals surface area contributed by atoms with Crippen molar-refractivity contribution in [2.75, 3.05) is 27.8 Å². The largest absolute Gasteiger partial charge is 0.381 e. The van der Waals surface area contributed by atoms with E-state index in [0.717, 1.165) is 10.5 Å². The molecule has 0 aliphatic carbocycles. The van der Waals surface area contributed by atoms with Crippen LogP contribution in [0.1, 0.15) is 5.56 Å². The van der Waals surface area contributed by atoms with Gasteiger partial charge in [0.05, 0.1) is 6.61 Å². The maximum atomic E-state index is 12.4.